The molecule has 0 radical (unpaired) electrons. The van der Waals surface area contributed by atoms with E-state index in [1.807, 2.05) is 0 Å². The molecule has 1 aliphatic rings. The van der Waals surface area contributed by atoms with E-state index >= 15 is 0 Å². The first-order valence-corrected chi connectivity index (χ1v) is 7.26. The van der Waals surface area contributed by atoms with E-state index in [4.69, 9.17) is 4.74 Å². The number of hydrogen-bond acceptors (Lipinski definition) is 2. The highest BCUT2D eigenvalue weighted by molar-refractivity contribution is 6.03. The van der Waals surface area contributed by atoms with Gasteiger partial charge in [-0.15, -0.1) is 0 Å². The normalized spacial score (nSPS) is 18.5. The van der Waals surface area contributed by atoms with Crippen LogP contribution in [0.5, 0.6) is 0 Å². The van der Waals surface area contributed by atoms with Crippen LogP contribution in [-0.2, 0) is 10.9 Å². The molecule has 116 valence electrons. The van der Waals surface area contributed by atoms with Crippen molar-refractivity contribution in [1.82, 2.24) is 0 Å². The fourth-order valence-corrected chi connectivity index (χ4v) is 3.01. The topological polar surface area (TPSA) is 26.3 Å². The summed E-state index contributed by atoms with van der Waals surface area (Å²) in [6.45, 7) is 2.08. The maximum absolute atomic E-state index is 13.1. The summed E-state index contributed by atoms with van der Waals surface area (Å²) < 4.78 is 44.9. The van der Waals surface area contributed by atoms with Gasteiger partial charge in [-0.2, -0.15) is 13.2 Å². The molecule has 2 nitrogen and oxygen atoms in total. The van der Waals surface area contributed by atoms with Gasteiger partial charge in [0.2, 0.25) is 0 Å². The van der Waals surface area contributed by atoms with Crippen LogP contribution in [-0.4, -0.2) is 18.0 Å². The van der Waals surface area contributed by atoms with E-state index in [0.29, 0.717) is 19.4 Å². The van der Waals surface area contributed by atoms with E-state index in [0.717, 1.165) is 25.3 Å². The third kappa shape index (κ3) is 3.28. The second-order valence-corrected chi connectivity index (χ2v) is 5.36. The number of carbonyl (C=O) groups is 1. The van der Waals surface area contributed by atoms with Crippen molar-refractivity contribution in [2.24, 2.45) is 0 Å². The minimum Gasteiger partial charge on any atom is -0.367 e. The number of ether oxygens (including phenoxy) is 1. The van der Waals surface area contributed by atoms with Crippen molar-refractivity contribution in [3.05, 3.63) is 35.4 Å². The van der Waals surface area contributed by atoms with Crippen molar-refractivity contribution in [3.63, 3.8) is 0 Å². The van der Waals surface area contributed by atoms with E-state index in [1.165, 1.54) is 18.2 Å². The Morgan fingerprint density at radius 1 is 1.19 bits per heavy atom. The first-order chi connectivity index (χ1) is 9.91. The molecule has 0 heterocycles. The number of Topliss-reactive ketones (excluding diaryl/α,β-unsaturated/α-hetero) is 1. The maximum atomic E-state index is 13.1. The zero-order valence-electron chi connectivity index (χ0n) is 12.0. The molecule has 0 spiro atoms. The summed E-state index contributed by atoms with van der Waals surface area (Å²) in [5, 5.41) is 0. The second kappa shape index (κ2) is 6.18. The highest BCUT2D eigenvalue weighted by atomic mass is 19.4. The van der Waals surface area contributed by atoms with Crippen molar-refractivity contribution in [2.45, 2.75) is 50.8 Å². The summed E-state index contributed by atoms with van der Waals surface area (Å²) in [5.41, 5.74) is -2.24. The molecule has 0 unspecified atom stereocenters. The van der Waals surface area contributed by atoms with E-state index in [-0.39, 0.29) is 5.56 Å². The van der Waals surface area contributed by atoms with Gasteiger partial charge in [-0.1, -0.05) is 37.5 Å². The lowest BCUT2D eigenvalue weighted by atomic mass is 9.78. The average molecular weight is 300 g/mol. The number of halogens is 3. The molecule has 1 aromatic carbocycles. The van der Waals surface area contributed by atoms with Crippen molar-refractivity contribution < 1.29 is 22.7 Å². The second-order valence-electron chi connectivity index (χ2n) is 5.36. The van der Waals surface area contributed by atoms with E-state index < -0.39 is 23.1 Å². The number of rotatable bonds is 4. The van der Waals surface area contributed by atoms with Crippen molar-refractivity contribution >= 4 is 5.78 Å². The summed E-state index contributed by atoms with van der Waals surface area (Å²) in [6.07, 6.45) is -0.949. The third-order valence-corrected chi connectivity index (χ3v) is 3.97. The van der Waals surface area contributed by atoms with E-state index in [2.05, 4.69) is 0 Å². The molecular weight excluding hydrogens is 281 g/mol. The fraction of sp³-hybridized carbons (Fsp3) is 0.562. The third-order valence-electron chi connectivity index (χ3n) is 3.97. The molecule has 1 aliphatic carbocycles. The lowest BCUT2D eigenvalue weighted by molar-refractivity contribution is -0.138. The monoisotopic (exact) mass is 300 g/mol. The number of alkyl halides is 3. The smallest absolute Gasteiger partial charge is 0.367 e. The van der Waals surface area contributed by atoms with Gasteiger partial charge in [0.1, 0.15) is 5.60 Å². The SMILES string of the molecule is CCOC1(C(=O)c2ccccc2C(F)(F)F)CCCCC1. The van der Waals surface area contributed by atoms with Gasteiger partial charge in [0.15, 0.2) is 5.78 Å². The molecule has 0 atom stereocenters. The zero-order chi connectivity index (χ0) is 15.5. The number of carbonyl (C=O) groups excluding carboxylic acids is 1. The van der Waals surface area contributed by atoms with Gasteiger partial charge in [0, 0.05) is 12.2 Å². The fourth-order valence-electron chi connectivity index (χ4n) is 3.01. The molecule has 0 aliphatic heterocycles. The Kier molecular flexibility index (Phi) is 4.71. The minimum atomic E-state index is -4.53. The summed E-state index contributed by atoms with van der Waals surface area (Å²) in [7, 11) is 0. The van der Waals surface area contributed by atoms with E-state index in [9.17, 15) is 18.0 Å². The molecule has 0 saturated heterocycles. The van der Waals surface area contributed by atoms with Crippen LogP contribution in [0.3, 0.4) is 0 Å². The quantitative estimate of drug-likeness (QED) is 0.758. The predicted octanol–water partition coefficient (Wildman–Crippen LogP) is 4.63. The number of benzene rings is 1. The number of ketones is 1. The molecule has 0 bridgehead atoms. The predicted molar refractivity (Wildman–Crippen MR) is 73.2 cm³/mol. The molecule has 21 heavy (non-hydrogen) atoms. The van der Waals surface area contributed by atoms with Crippen LogP contribution in [0, 0.1) is 0 Å². The molecular formula is C16H19F3O2. The van der Waals surface area contributed by atoms with Crippen LogP contribution in [0.4, 0.5) is 13.2 Å². The maximum Gasteiger partial charge on any atom is 0.417 e. The highest BCUT2D eigenvalue weighted by Gasteiger charge is 2.44. The largest absolute Gasteiger partial charge is 0.417 e. The molecule has 1 aromatic rings. The van der Waals surface area contributed by atoms with Crippen LogP contribution in [0.25, 0.3) is 0 Å². The van der Waals surface area contributed by atoms with Gasteiger partial charge in [-0.05, 0) is 25.8 Å². The van der Waals surface area contributed by atoms with Gasteiger partial charge in [-0.25, -0.2) is 0 Å². The Bertz CT molecular complexity index is 497. The average Bonchev–Trinajstić information content (AvgIpc) is 2.47. The molecule has 2 rings (SSSR count). The summed E-state index contributed by atoms with van der Waals surface area (Å²) in [4.78, 5) is 12.8. The van der Waals surface area contributed by atoms with Crippen LogP contribution >= 0.6 is 0 Å². The molecule has 1 fully saturated rings. The van der Waals surface area contributed by atoms with Gasteiger partial charge in [0.25, 0.3) is 0 Å². The molecule has 0 amide bonds. The van der Waals surface area contributed by atoms with Gasteiger partial charge >= 0.3 is 6.18 Å². The van der Waals surface area contributed by atoms with Gasteiger partial charge in [0.05, 0.1) is 5.56 Å². The van der Waals surface area contributed by atoms with Crippen LogP contribution < -0.4 is 0 Å². The molecule has 5 heteroatoms. The summed E-state index contributed by atoms with van der Waals surface area (Å²) >= 11 is 0. The Hall–Kier alpha value is -1.36. The Morgan fingerprint density at radius 3 is 2.38 bits per heavy atom. The summed E-state index contributed by atoms with van der Waals surface area (Å²) in [6, 6.07) is 4.97. The van der Waals surface area contributed by atoms with Gasteiger partial charge < -0.3 is 4.74 Å². The Morgan fingerprint density at radius 2 is 1.81 bits per heavy atom. The lowest BCUT2D eigenvalue weighted by Gasteiger charge is -2.36. The first-order valence-electron chi connectivity index (χ1n) is 7.26. The van der Waals surface area contributed by atoms with Crippen molar-refractivity contribution in [3.8, 4) is 0 Å². The molecule has 0 N–H and O–H groups in total. The lowest BCUT2D eigenvalue weighted by Crippen LogP contribution is -2.44. The van der Waals surface area contributed by atoms with Crippen LogP contribution in [0.2, 0.25) is 0 Å². The standard InChI is InChI=1S/C16H19F3O2/c1-2-21-15(10-6-3-7-11-15)14(20)12-8-4-5-9-13(12)16(17,18)19/h4-5,8-9H,2-3,6-7,10-11H2,1H3. The number of hydrogen-bond donors (Lipinski definition) is 0. The molecule has 1 saturated carbocycles. The van der Waals surface area contributed by atoms with Crippen LogP contribution in [0.15, 0.2) is 24.3 Å². The summed E-state index contributed by atoms with van der Waals surface area (Å²) in [5.74, 6) is -0.531. The van der Waals surface area contributed by atoms with Crippen molar-refractivity contribution in [1.29, 1.82) is 0 Å². The van der Waals surface area contributed by atoms with Crippen LogP contribution in [0.1, 0.15) is 54.9 Å². The Balaban J connectivity index is 2.42. The van der Waals surface area contributed by atoms with Crippen molar-refractivity contribution in [2.75, 3.05) is 6.61 Å². The highest BCUT2D eigenvalue weighted by Crippen LogP contribution is 2.38. The Labute approximate surface area is 122 Å². The van der Waals surface area contributed by atoms with Gasteiger partial charge in [-0.3, -0.25) is 4.79 Å². The first kappa shape index (κ1) is 16.0. The zero-order valence-corrected chi connectivity index (χ0v) is 12.0. The molecule has 0 aromatic heterocycles. The van der Waals surface area contributed by atoms with E-state index in [1.54, 1.807) is 6.92 Å². The minimum absolute atomic E-state index is 0.277.